The van der Waals surface area contributed by atoms with E-state index in [1.807, 2.05) is 0 Å². The van der Waals surface area contributed by atoms with Crippen molar-refractivity contribution in [2.24, 2.45) is 11.7 Å². The number of carbonyl (C=O) groups is 3. The van der Waals surface area contributed by atoms with E-state index in [9.17, 15) is 14.4 Å². The van der Waals surface area contributed by atoms with Crippen LogP contribution in [-0.2, 0) is 23.9 Å². The molecule has 2 N–H and O–H groups in total. The second kappa shape index (κ2) is 8.41. The summed E-state index contributed by atoms with van der Waals surface area (Å²) in [6.45, 7) is 1.02. The summed E-state index contributed by atoms with van der Waals surface area (Å²) in [5.74, 6) is -2.50. The summed E-state index contributed by atoms with van der Waals surface area (Å²) in [5, 5.41) is 0. The van der Waals surface area contributed by atoms with Gasteiger partial charge in [0.05, 0.1) is 25.1 Å². The molecule has 0 radical (unpaired) electrons. The van der Waals surface area contributed by atoms with E-state index in [1.54, 1.807) is 6.92 Å². The van der Waals surface area contributed by atoms with Crippen LogP contribution in [0.25, 0.3) is 0 Å². The highest BCUT2D eigenvalue weighted by Crippen LogP contribution is 2.09. The molecule has 0 aromatic rings. The first-order valence-electron chi connectivity index (χ1n) is 5.59. The largest absolute Gasteiger partial charge is 0.468 e. The molecule has 7 nitrogen and oxygen atoms in total. The quantitative estimate of drug-likeness (QED) is 0.497. The number of esters is 2. The summed E-state index contributed by atoms with van der Waals surface area (Å²) in [6.07, 6.45) is 0.382. The van der Waals surface area contributed by atoms with Crippen LogP contribution in [0.3, 0.4) is 0 Å². The number of nitrogens with zero attached hydrogens (tertiary/aromatic N) is 1. The fraction of sp³-hybridized carbons (Fsp3) is 0.636. The topological polar surface area (TPSA) is 98.9 Å². The van der Waals surface area contributed by atoms with Crippen molar-refractivity contribution in [3.63, 3.8) is 0 Å². The second-order valence-corrected chi connectivity index (χ2v) is 4.18. The average molecular weight is 290 g/mol. The van der Waals surface area contributed by atoms with E-state index in [-0.39, 0.29) is 18.1 Å². The first-order valence-corrected chi connectivity index (χ1v) is 5.99. The molecule has 108 valence electrons. The van der Waals surface area contributed by atoms with Crippen molar-refractivity contribution in [2.45, 2.75) is 13.3 Å². The summed E-state index contributed by atoms with van der Waals surface area (Å²) in [6, 6.07) is 0. The highest BCUT2D eigenvalue weighted by Gasteiger charge is 2.28. The molecule has 0 aromatic heterocycles. The lowest BCUT2D eigenvalue weighted by molar-refractivity contribution is -0.152. The summed E-state index contributed by atoms with van der Waals surface area (Å²) in [7, 11) is 2.38. The smallest absolute Gasteiger partial charge is 0.325 e. The zero-order valence-electron chi connectivity index (χ0n) is 11.2. The monoisotopic (exact) mass is 290 g/mol. The Kier molecular flexibility index (Phi) is 7.66. The summed E-state index contributed by atoms with van der Waals surface area (Å²) in [4.78, 5) is 35.7. The summed E-state index contributed by atoms with van der Waals surface area (Å²) in [5.41, 5.74) is 5.46. The zero-order chi connectivity index (χ0) is 15.0. The standard InChI is InChI=1S/C11H18N2O5S/c1-4-7(10(12)19)11(16)13(5-8(14)17-2)6-9(15)18-3/h7H,4-6H2,1-3H3,(H2,12,19). The molecule has 0 saturated heterocycles. The normalized spacial score (nSPS) is 11.3. The van der Waals surface area contributed by atoms with E-state index in [1.165, 1.54) is 14.2 Å². The predicted molar refractivity (Wildman–Crippen MR) is 71.2 cm³/mol. The Morgan fingerprint density at radius 2 is 1.58 bits per heavy atom. The van der Waals surface area contributed by atoms with Gasteiger partial charge in [-0.2, -0.15) is 0 Å². The van der Waals surface area contributed by atoms with Gasteiger partial charge in [0.25, 0.3) is 0 Å². The van der Waals surface area contributed by atoms with Crippen molar-refractivity contribution in [3.8, 4) is 0 Å². The second-order valence-electron chi connectivity index (χ2n) is 3.71. The van der Waals surface area contributed by atoms with Gasteiger partial charge in [-0.05, 0) is 6.42 Å². The molecule has 1 unspecified atom stereocenters. The van der Waals surface area contributed by atoms with Crippen LogP contribution in [0.5, 0.6) is 0 Å². The summed E-state index contributed by atoms with van der Waals surface area (Å²) >= 11 is 4.79. The minimum Gasteiger partial charge on any atom is -0.468 e. The molecule has 0 bridgehead atoms. The van der Waals surface area contributed by atoms with Crippen molar-refractivity contribution < 1.29 is 23.9 Å². The maximum atomic E-state index is 12.2. The molecule has 0 saturated carbocycles. The van der Waals surface area contributed by atoms with Crippen molar-refractivity contribution in [3.05, 3.63) is 0 Å². The molecule has 0 aliphatic carbocycles. The van der Waals surface area contributed by atoms with E-state index in [0.29, 0.717) is 6.42 Å². The third-order valence-corrected chi connectivity index (χ3v) is 2.74. The lowest BCUT2D eigenvalue weighted by atomic mass is 10.1. The number of hydrogen-bond donors (Lipinski definition) is 1. The molecule has 0 aromatic carbocycles. The van der Waals surface area contributed by atoms with E-state index >= 15 is 0 Å². The minimum absolute atomic E-state index is 0.0206. The molecule has 1 atom stereocenters. The van der Waals surface area contributed by atoms with Gasteiger partial charge in [0.15, 0.2) is 0 Å². The maximum absolute atomic E-state index is 12.2. The number of hydrogen-bond acceptors (Lipinski definition) is 6. The maximum Gasteiger partial charge on any atom is 0.325 e. The Morgan fingerprint density at radius 3 is 1.84 bits per heavy atom. The van der Waals surface area contributed by atoms with Crippen LogP contribution in [0.1, 0.15) is 13.3 Å². The zero-order valence-corrected chi connectivity index (χ0v) is 12.0. The fourth-order valence-electron chi connectivity index (χ4n) is 1.37. The van der Waals surface area contributed by atoms with Crippen molar-refractivity contribution in [1.29, 1.82) is 0 Å². The Labute approximate surface area is 117 Å². The van der Waals surface area contributed by atoms with Crippen molar-refractivity contribution in [2.75, 3.05) is 27.3 Å². The van der Waals surface area contributed by atoms with Crippen LogP contribution in [0, 0.1) is 5.92 Å². The Morgan fingerprint density at radius 1 is 1.16 bits per heavy atom. The molecule has 0 heterocycles. The van der Waals surface area contributed by atoms with E-state index in [2.05, 4.69) is 9.47 Å². The van der Waals surface area contributed by atoms with Crippen LogP contribution >= 0.6 is 12.2 Å². The molecule has 8 heteroatoms. The van der Waals surface area contributed by atoms with Gasteiger partial charge in [0, 0.05) is 0 Å². The molecule has 0 spiro atoms. The van der Waals surface area contributed by atoms with Gasteiger partial charge >= 0.3 is 11.9 Å². The number of methoxy groups -OCH3 is 2. The van der Waals surface area contributed by atoms with Gasteiger partial charge in [-0.3, -0.25) is 14.4 Å². The molecular weight excluding hydrogens is 272 g/mol. The highest BCUT2D eigenvalue weighted by molar-refractivity contribution is 7.80. The number of thiocarbonyl (C=S) groups is 1. The summed E-state index contributed by atoms with van der Waals surface area (Å²) < 4.78 is 8.94. The lowest BCUT2D eigenvalue weighted by Crippen LogP contribution is -2.46. The van der Waals surface area contributed by atoms with Crippen LogP contribution in [0.15, 0.2) is 0 Å². The SMILES string of the molecule is CCC(C(=O)N(CC(=O)OC)CC(=O)OC)C(N)=S. The number of amides is 1. The Balaban J connectivity index is 4.99. The van der Waals surface area contributed by atoms with Crippen molar-refractivity contribution >= 4 is 35.1 Å². The predicted octanol–water partition coefficient (Wildman–Crippen LogP) is -0.527. The molecule has 0 aliphatic rings. The van der Waals surface area contributed by atoms with Gasteiger partial charge < -0.3 is 20.1 Å². The van der Waals surface area contributed by atoms with Crippen LogP contribution < -0.4 is 5.73 Å². The Hall–Kier alpha value is -1.70. The molecule has 0 rings (SSSR count). The molecule has 1 amide bonds. The first-order chi connectivity index (χ1) is 8.87. The van der Waals surface area contributed by atoms with Crippen LogP contribution in [0.2, 0.25) is 0 Å². The molecular formula is C11H18N2O5S. The van der Waals surface area contributed by atoms with Gasteiger partial charge in [-0.25, -0.2) is 0 Å². The molecule has 0 aliphatic heterocycles. The van der Waals surface area contributed by atoms with Crippen LogP contribution in [-0.4, -0.2) is 55.0 Å². The van der Waals surface area contributed by atoms with Gasteiger partial charge in [-0.1, -0.05) is 19.1 Å². The lowest BCUT2D eigenvalue weighted by Gasteiger charge is -2.24. The number of ether oxygens (including phenoxy) is 2. The van der Waals surface area contributed by atoms with E-state index in [4.69, 9.17) is 18.0 Å². The number of rotatable bonds is 7. The molecule has 19 heavy (non-hydrogen) atoms. The number of carbonyl (C=O) groups excluding carboxylic acids is 3. The minimum atomic E-state index is -0.718. The Bertz CT molecular complexity index is 354. The number of nitrogens with two attached hydrogens (primary N) is 1. The highest BCUT2D eigenvalue weighted by atomic mass is 32.1. The third-order valence-electron chi connectivity index (χ3n) is 2.46. The van der Waals surface area contributed by atoms with Gasteiger partial charge in [-0.15, -0.1) is 0 Å². The molecule has 0 fully saturated rings. The van der Waals surface area contributed by atoms with Crippen LogP contribution in [0.4, 0.5) is 0 Å². The van der Waals surface area contributed by atoms with Gasteiger partial charge in [0.1, 0.15) is 13.1 Å². The van der Waals surface area contributed by atoms with E-state index < -0.39 is 23.8 Å². The first kappa shape index (κ1) is 17.3. The fourth-order valence-corrected chi connectivity index (χ4v) is 1.64. The third kappa shape index (κ3) is 5.64. The van der Waals surface area contributed by atoms with Gasteiger partial charge in [0.2, 0.25) is 5.91 Å². The average Bonchev–Trinajstić information content (AvgIpc) is 2.37. The van der Waals surface area contributed by atoms with E-state index in [0.717, 1.165) is 4.90 Å². The van der Waals surface area contributed by atoms with Crippen molar-refractivity contribution in [1.82, 2.24) is 4.90 Å².